The Morgan fingerprint density at radius 3 is 2.60 bits per heavy atom. The third-order valence-electron chi connectivity index (χ3n) is 2.65. The third kappa shape index (κ3) is 5.10. The van der Waals surface area contributed by atoms with Gasteiger partial charge in [0.15, 0.2) is 0 Å². The highest BCUT2D eigenvalue weighted by Crippen LogP contribution is 2.20. The van der Waals surface area contributed by atoms with E-state index in [2.05, 4.69) is 10.6 Å². The lowest BCUT2D eigenvalue weighted by Crippen LogP contribution is -2.12. The largest absolute Gasteiger partial charge is 0.326 e. The average molecular weight is 272 g/mol. The standard InChI is InChI=1S/C16H20N2O2/c1-4-6-7-8-16(20)18-14-11-13(10-9-12(14)3)17-15(19)5-2/h4,6-11H,5H2,1-3H3,(H,17,19)(H,18,20)/b6-4+,8-7+. The van der Waals surface area contributed by atoms with Gasteiger partial charge in [0.05, 0.1) is 0 Å². The number of hydrogen-bond acceptors (Lipinski definition) is 2. The molecule has 0 aliphatic rings. The summed E-state index contributed by atoms with van der Waals surface area (Å²) in [4.78, 5) is 23.1. The van der Waals surface area contributed by atoms with Gasteiger partial charge in [-0.05, 0) is 31.5 Å². The summed E-state index contributed by atoms with van der Waals surface area (Å²) in [5.74, 6) is -0.260. The molecule has 1 aromatic rings. The maximum atomic E-state index is 11.7. The SMILES string of the molecule is C/C=C/C=C/C(=O)Nc1cc(NC(=O)CC)ccc1C. The lowest BCUT2D eigenvalue weighted by atomic mass is 10.1. The predicted molar refractivity (Wildman–Crippen MR) is 82.7 cm³/mol. The van der Waals surface area contributed by atoms with Gasteiger partial charge in [0, 0.05) is 23.9 Å². The number of carbonyl (C=O) groups is 2. The van der Waals surface area contributed by atoms with E-state index in [0.29, 0.717) is 17.8 Å². The second-order valence-electron chi connectivity index (χ2n) is 4.31. The van der Waals surface area contributed by atoms with Crippen LogP contribution in [0.2, 0.25) is 0 Å². The molecule has 0 aliphatic heterocycles. The lowest BCUT2D eigenvalue weighted by molar-refractivity contribution is -0.116. The van der Waals surface area contributed by atoms with Crippen molar-refractivity contribution in [2.45, 2.75) is 27.2 Å². The maximum Gasteiger partial charge on any atom is 0.248 e. The second kappa shape index (κ2) is 7.94. The van der Waals surface area contributed by atoms with Crippen LogP contribution < -0.4 is 10.6 Å². The molecule has 0 atom stereocenters. The van der Waals surface area contributed by atoms with Crippen LogP contribution in [0.3, 0.4) is 0 Å². The van der Waals surface area contributed by atoms with Gasteiger partial charge < -0.3 is 10.6 Å². The number of nitrogens with one attached hydrogen (secondary N) is 2. The van der Waals surface area contributed by atoms with Crippen LogP contribution in [0.15, 0.2) is 42.5 Å². The predicted octanol–water partition coefficient (Wildman–Crippen LogP) is 3.41. The number of carbonyl (C=O) groups excluding carboxylic acids is 2. The molecule has 106 valence electrons. The molecular weight excluding hydrogens is 252 g/mol. The number of amides is 2. The normalized spacial score (nSPS) is 10.9. The highest BCUT2D eigenvalue weighted by molar-refractivity contribution is 6.00. The Morgan fingerprint density at radius 1 is 1.20 bits per heavy atom. The zero-order valence-corrected chi connectivity index (χ0v) is 12.1. The Balaban J connectivity index is 2.81. The summed E-state index contributed by atoms with van der Waals surface area (Å²) in [5, 5.41) is 5.56. The summed E-state index contributed by atoms with van der Waals surface area (Å²) in [6.45, 7) is 5.57. The minimum atomic E-state index is -0.204. The van der Waals surface area contributed by atoms with Gasteiger partial charge in [0.25, 0.3) is 0 Å². The van der Waals surface area contributed by atoms with E-state index in [1.165, 1.54) is 6.08 Å². The van der Waals surface area contributed by atoms with Gasteiger partial charge >= 0.3 is 0 Å². The molecule has 2 N–H and O–H groups in total. The topological polar surface area (TPSA) is 58.2 Å². The van der Waals surface area contributed by atoms with Gasteiger partial charge in [-0.25, -0.2) is 0 Å². The van der Waals surface area contributed by atoms with Crippen molar-refractivity contribution in [3.63, 3.8) is 0 Å². The molecule has 4 heteroatoms. The molecule has 0 spiro atoms. The van der Waals surface area contributed by atoms with Crippen molar-refractivity contribution in [3.8, 4) is 0 Å². The first kappa shape index (κ1) is 15.7. The molecule has 0 unspecified atom stereocenters. The van der Waals surface area contributed by atoms with E-state index in [1.54, 1.807) is 25.1 Å². The molecule has 0 bridgehead atoms. The van der Waals surface area contributed by atoms with Crippen molar-refractivity contribution >= 4 is 23.2 Å². The molecule has 0 heterocycles. The fourth-order valence-electron chi connectivity index (χ4n) is 1.51. The summed E-state index contributed by atoms with van der Waals surface area (Å²) in [6, 6.07) is 5.43. The minimum absolute atomic E-state index is 0.0564. The van der Waals surface area contributed by atoms with Crippen LogP contribution in [0.25, 0.3) is 0 Å². The quantitative estimate of drug-likeness (QED) is 0.637. The third-order valence-corrected chi connectivity index (χ3v) is 2.65. The van der Waals surface area contributed by atoms with Gasteiger partial charge in [-0.15, -0.1) is 0 Å². The number of aryl methyl sites for hydroxylation is 1. The second-order valence-corrected chi connectivity index (χ2v) is 4.31. The molecule has 2 amide bonds. The van der Waals surface area contributed by atoms with Crippen LogP contribution in [-0.2, 0) is 9.59 Å². The molecule has 0 fully saturated rings. The number of hydrogen-bond donors (Lipinski definition) is 2. The summed E-state index contributed by atoms with van der Waals surface area (Å²) in [7, 11) is 0. The summed E-state index contributed by atoms with van der Waals surface area (Å²) in [6.07, 6.45) is 7.17. The molecule has 0 saturated carbocycles. The van der Waals surface area contributed by atoms with Crippen molar-refractivity contribution in [2.75, 3.05) is 10.6 Å². The highest BCUT2D eigenvalue weighted by Gasteiger charge is 2.05. The van der Waals surface area contributed by atoms with Crippen molar-refractivity contribution in [1.82, 2.24) is 0 Å². The van der Waals surface area contributed by atoms with E-state index < -0.39 is 0 Å². The van der Waals surface area contributed by atoms with Crippen LogP contribution in [0.5, 0.6) is 0 Å². The number of rotatable bonds is 5. The monoisotopic (exact) mass is 272 g/mol. The molecule has 4 nitrogen and oxygen atoms in total. The van der Waals surface area contributed by atoms with Crippen molar-refractivity contribution in [1.29, 1.82) is 0 Å². The Kier molecular flexibility index (Phi) is 6.23. The van der Waals surface area contributed by atoms with Crippen LogP contribution in [0.1, 0.15) is 25.8 Å². The van der Waals surface area contributed by atoms with Gasteiger partial charge in [-0.2, -0.15) is 0 Å². The van der Waals surface area contributed by atoms with Gasteiger partial charge in [-0.3, -0.25) is 9.59 Å². The van der Waals surface area contributed by atoms with E-state index in [-0.39, 0.29) is 11.8 Å². The molecule has 0 aromatic heterocycles. The lowest BCUT2D eigenvalue weighted by Gasteiger charge is -2.10. The number of allylic oxidation sites excluding steroid dienone is 3. The molecular formula is C16H20N2O2. The number of anilines is 2. The first-order valence-corrected chi connectivity index (χ1v) is 6.57. The Bertz CT molecular complexity index is 545. The van der Waals surface area contributed by atoms with E-state index in [0.717, 1.165) is 5.56 Å². The minimum Gasteiger partial charge on any atom is -0.326 e. The van der Waals surface area contributed by atoms with E-state index >= 15 is 0 Å². The van der Waals surface area contributed by atoms with Crippen LogP contribution in [0.4, 0.5) is 11.4 Å². The zero-order valence-electron chi connectivity index (χ0n) is 12.1. The molecule has 0 saturated heterocycles. The smallest absolute Gasteiger partial charge is 0.248 e. The maximum absolute atomic E-state index is 11.7. The average Bonchev–Trinajstić information content (AvgIpc) is 2.42. The fraction of sp³-hybridized carbons (Fsp3) is 0.250. The summed E-state index contributed by atoms with van der Waals surface area (Å²) < 4.78 is 0. The molecule has 20 heavy (non-hydrogen) atoms. The summed E-state index contributed by atoms with van der Waals surface area (Å²) in [5.41, 5.74) is 2.30. The summed E-state index contributed by atoms with van der Waals surface area (Å²) >= 11 is 0. The zero-order chi connectivity index (χ0) is 15.0. The van der Waals surface area contributed by atoms with Gasteiger partial charge in [0.2, 0.25) is 11.8 Å². The van der Waals surface area contributed by atoms with Crippen molar-refractivity contribution < 1.29 is 9.59 Å². The molecule has 0 radical (unpaired) electrons. The molecule has 0 aliphatic carbocycles. The fourth-order valence-corrected chi connectivity index (χ4v) is 1.51. The van der Waals surface area contributed by atoms with Gasteiger partial charge in [-0.1, -0.05) is 31.2 Å². The molecule has 1 rings (SSSR count). The Morgan fingerprint density at radius 2 is 1.95 bits per heavy atom. The van der Waals surface area contributed by atoms with E-state index in [1.807, 2.05) is 32.1 Å². The van der Waals surface area contributed by atoms with E-state index in [4.69, 9.17) is 0 Å². The van der Waals surface area contributed by atoms with Crippen molar-refractivity contribution in [2.24, 2.45) is 0 Å². The Hall–Kier alpha value is -2.36. The van der Waals surface area contributed by atoms with Crippen LogP contribution in [-0.4, -0.2) is 11.8 Å². The molecule has 1 aromatic carbocycles. The first-order valence-electron chi connectivity index (χ1n) is 6.57. The highest BCUT2D eigenvalue weighted by atomic mass is 16.2. The van der Waals surface area contributed by atoms with Crippen LogP contribution in [0, 0.1) is 6.92 Å². The Labute approximate surface area is 119 Å². The van der Waals surface area contributed by atoms with Crippen LogP contribution >= 0.6 is 0 Å². The van der Waals surface area contributed by atoms with Gasteiger partial charge in [0.1, 0.15) is 0 Å². The van der Waals surface area contributed by atoms with E-state index in [9.17, 15) is 9.59 Å². The van der Waals surface area contributed by atoms with Crippen molar-refractivity contribution in [3.05, 3.63) is 48.1 Å². The number of benzene rings is 1. The first-order chi connectivity index (χ1) is 9.56.